The number of carbonyl (C=O) groups is 2. The van der Waals surface area contributed by atoms with Crippen LogP contribution < -0.4 is 10.1 Å². The summed E-state index contributed by atoms with van der Waals surface area (Å²) in [5.41, 5.74) is -0.623. The second-order valence-electron chi connectivity index (χ2n) is 4.06. The molecule has 0 saturated carbocycles. The van der Waals surface area contributed by atoms with Gasteiger partial charge in [-0.1, -0.05) is 13.0 Å². The van der Waals surface area contributed by atoms with Gasteiger partial charge in [0.15, 0.2) is 5.56 Å². The average Bonchev–Trinajstić information content (AvgIpc) is 2.42. The van der Waals surface area contributed by atoms with Crippen LogP contribution in [0.5, 0.6) is 5.75 Å². The van der Waals surface area contributed by atoms with Gasteiger partial charge in [-0.15, -0.1) is 0 Å². The van der Waals surface area contributed by atoms with Crippen LogP contribution >= 0.6 is 0 Å². The number of amides is 1. The van der Waals surface area contributed by atoms with E-state index in [9.17, 15) is 19.7 Å². The Hall–Kier alpha value is -2.64. The van der Waals surface area contributed by atoms with Gasteiger partial charge in [0.2, 0.25) is 0 Å². The highest BCUT2D eigenvalue weighted by molar-refractivity contribution is 6.01. The monoisotopic (exact) mass is 282 g/mol. The predicted octanol–water partition coefficient (Wildman–Crippen LogP) is 1.05. The van der Waals surface area contributed by atoms with E-state index in [2.05, 4.69) is 5.32 Å². The van der Waals surface area contributed by atoms with E-state index in [0.717, 1.165) is 0 Å². The summed E-state index contributed by atoms with van der Waals surface area (Å²) >= 11 is 0. The summed E-state index contributed by atoms with van der Waals surface area (Å²) in [6, 6.07) is 3.99. The molecule has 1 rings (SSSR count). The van der Waals surface area contributed by atoms with Crippen LogP contribution in [-0.4, -0.2) is 35.6 Å². The minimum Gasteiger partial charge on any atom is -0.496 e. The van der Waals surface area contributed by atoms with E-state index in [-0.39, 0.29) is 17.9 Å². The third-order valence-corrected chi connectivity index (χ3v) is 2.64. The van der Waals surface area contributed by atoms with E-state index in [4.69, 9.17) is 9.84 Å². The summed E-state index contributed by atoms with van der Waals surface area (Å²) in [7, 11) is 1.29. The van der Waals surface area contributed by atoms with Gasteiger partial charge in [0.25, 0.3) is 11.6 Å². The topological polar surface area (TPSA) is 119 Å². The summed E-state index contributed by atoms with van der Waals surface area (Å²) in [6.07, 6.45) is 0. The molecule has 0 aliphatic heterocycles. The minimum atomic E-state index is -1.07. The van der Waals surface area contributed by atoms with Crippen LogP contribution in [0.25, 0.3) is 0 Å². The van der Waals surface area contributed by atoms with E-state index < -0.39 is 28.4 Å². The van der Waals surface area contributed by atoms with E-state index >= 15 is 0 Å². The van der Waals surface area contributed by atoms with Crippen LogP contribution in [-0.2, 0) is 4.79 Å². The van der Waals surface area contributed by atoms with Crippen molar-refractivity contribution in [3.63, 3.8) is 0 Å². The number of benzene rings is 1. The fraction of sp³-hybridized carbons (Fsp3) is 0.333. The molecule has 1 aromatic rings. The van der Waals surface area contributed by atoms with Gasteiger partial charge in [0, 0.05) is 12.6 Å². The standard InChI is InChI=1S/C12H14N2O6/c1-7(12(16)17)6-13-11(15)10-8(14(18)19)4-3-5-9(10)20-2/h3-5,7H,6H2,1-2H3,(H,13,15)(H,16,17). The van der Waals surface area contributed by atoms with Crippen molar-refractivity contribution in [1.29, 1.82) is 0 Å². The largest absolute Gasteiger partial charge is 0.496 e. The molecule has 0 bridgehead atoms. The van der Waals surface area contributed by atoms with Gasteiger partial charge >= 0.3 is 5.97 Å². The molecule has 0 radical (unpaired) electrons. The molecule has 0 heterocycles. The summed E-state index contributed by atoms with van der Waals surface area (Å²) in [4.78, 5) is 32.9. The Kier molecular flexibility index (Phi) is 5.01. The summed E-state index contributed by atoms with van der Waals surface area (Å²) in [6.45, 7) is 1.28. The van der Waals surface area contributed by atoms with Gasteiger partial charge in [-0.3, -0.25) is 19.7 Å². The van der Waals surface area contributed by atoms with Gasteiger partial charge in [0.05, 0.1) is 18.0 Å². The molecule has 1 amide bonds. The molecule has 0 saturated heterocycles. The van der Waals surface area contributed by atoms with Crippen LogP contribution in [0.2, 0.25) is 0 Å². The number of methoxy groups -OCH3 is 1. The number of hydrogen-bond donors (Lipinski definition) is 2. The molecule has 0 aliphatic carbocycles. The average molecular weight is 282 g/mol. The van der Waals surface area contributed by atoms with Crippen LogP contribution in [0, 0.1) is 16.0 Å². The fourth-order valence-corrected chi connectivity index (χ4v) is 1.49. The van der Waals surface area contributed by atoms with Crippen LogP contribution in [0.3, 0.4) is 0 Å². The molecular formula is C12H14N2O6. The zero-order chi connectivity index (χ0) is 15.3. The van der Waals surface area contributed by atoms with Gasteiger partial charge in [-0.05, 0) is 6.07 Å². The third kappa shape index (κ3) is 3.44. The SMILES string of the molecule is COc1cccc([N+](=O)[O-])c1C(=O)NCC(C)C(=O)O. The number of carboxylic acids is 1. The maximum Gasteiger partial charge on any atom is 0.308 e. The van der Waals surface area contributed by atoms with Crippen molar-refractivity contribution in [2.24, 2.45) is 5.92 Å². The molecule has 108 valence electrons. The first-order valence-electron chi connectivity index (χ1n) is 5.70. The van der Waals surface area contributed by atoms with E-state index in [1.807, 2.05) is 0 Å². The summed E-state index contributed by atoms with van der Waals surface area (Å²) in [5, 5.41) is 22.0. The fourth-order valence-electron chi connectivity index (χ4n) is 1.49. The Labute approximate surface area is 114 Å². The van der Waals surface area contributed by atoms with Crippen LogP contribution in [0.4, 0.5) is 5.69 Å². The first-order valence-corrected chi connectivity index (χ1v) is 5.70. The molecule has 1 atom stereocenters. The zero-order valence-corrected chi connectivity index (χ0v) is 11.0. The molecule has 8 nitrogen and oxygen atoms in total. The van der Waals surface area contributed by atoms with E-state index in [1.54, 1.807) is 0 Å². The maximum atomic E-state index is 12.0. The van der Waals surface area contributed by atoms with Gasteiger partial charge in [0.1, 0.15) is 5.75 Å². The molecule has 0 spiro atoms. The molecule has 20 heavy (non-hydrogen) atoms. The summed E-state index contributed by atoms with van der Waals surface area (Å²) < 4.78 is 4.93. The Morgan fingerprint density at radius 2 is 2.15 bits per heavy atom. The van der Waals surface area contributed by atoms with Gasteiger partial charge in [-0.25, -0.2) is 0 Å². The van der Waals surface area contributed by atoms with Crippen LogP contribution in [0.15, 0.2) is 18.2 Å². The number of aliphatic carboxylic acids is 1. The first-order chi connectivity index (χ1) is 9.38. The number of nitro benzene ring substituents is 1. The van der Waals surface area contributed by atoms with Crippen molar-refractivity contribution in [1.82, 2.24) is 5.32 Å². The van der Waals surface area contributed by atoms with Crippen molar-refractivity contribution in [2.45, 2.75) is 6.92 Å². The number of nitrogens with zero attached hydrogens (tertiary/aromatic N) is 1. The van der Waals surface area contributed by atoms with E-state index in [1.165, 1.54) is 32.2 Å². The lowest BCUT2D eigenvalue weighted by molar-refractivity contribution is -0.385. The Morgan fingerprint density at radius 1 is 1.50 bits per heavy atom. The van der Waals surface area contributed by atoms with Crippen molar-refractivity contribution in [2.75, 3.05) is 13.7 Å². The highest BCUT2D eigenvalue weighted by Crippen LogP contribution is 2.27. The third-order valence-electron chi connectivity index (χ3n) is 2.64. The number of carbonyl (C=O) groups excluding carboxylic acids is 1. The van der Waals surface area contributed by atoms with Crippen molar-refractivity contribution in [3.05, 3.63) is 33.9 Å². The van der Waals surface area contributed by atoms with Crippen LogP contribution in [0.1, 0.15) is 17.3 Å². The lowest BCUT2D eigenvalue weighted by Crippen LogP contribution is -2.32. The molecule has 1 unspecified atom stereocenters. The quantitative estimate of drug-likeness (QED) is 0.594. The Bertz CT molecular complexity index is 543. The summed E-state index contributed by atoms with van der Waals surface area (Å²) in [5.74, 6) is -2.56. The number of nitrogens with one attached hydrogen (secondary N) is 1. The molecule has 2 N–H and O–H groups in total. The number of nitro groups is 1. The number of hydrogen-bond acceptors (Lipinski definition) is 5. The second kappa shape index (κ2) is 6.50. The van der Waals surface area contributed by atoms with E-state index in [0.29, 0.717) is 0 Å². The molecule has 0 fully saturated rings. The molecule has 1 aromatic carbocycles. The molecule has 8 heteroatoms. The first kappa shape index (κ1) is 15.4. The highest BCUT2D eigenvalue weighted by Gasteiger charge is 2.25. The smallest absolute Gasteiger partial charge is 0.308 e. The highest BCUT2D eigenvalue weighted by atomic mass is 16.6. The zero-order valence-electron chi connectivity index (χ0n) is 11.0. The van der Waals surface area contributed by atoms with Gasteiger partial charge < -0.3 is 15.2 Å². The second-order valence-corrected chi connectivity index (χ2v) is 4.06. The predicted molar refractivity (Wildman–Crippen MR) is 68.8 cm³/mol. The minimum absolute atomic E-state index is 0.0553. The van der Waals surface area contributed by atoms with Crippen molar-refractivity contribution in [3.8, 4) is 5.75 Å². The normalized spacial score (nSPS) is 11.5. The molecular weight excluding hydrogens is 268 g/mol. The number of carboxylic acid groups (broad SMARTS) is 1. The lowest BCUT2D eigenvalue weighted by Gasteiger charge is -2.11. The number of rotatable bonds is 6. The van der Waals surface area contributed by atoms with Crippen molar-refractivity contribution < 1.29 is 24.4 Å². The lowest BCUT2D eigenvalue weighted by atomic mass is 10.1. The van der Waals surface area contributed by atoms with Crippen molar-refractivity contribution >= 4 is 17.6 Å². The Balaban J connectivity index is 3.02. The Morgan fingerprint density at radius 3 is 2.65 bits per heavy atom. The van der Waals surface area contributed by atoms with Gasteiger partial charge in [-0.2, -0.15) is 0 Å². The molecule has 0 aromatic heterocycles. The maximum absolute atomic E-state index is 12.0. The molecule has 0 aliphatic rings. The number of ether oxygens (including phenoxy) is 1.